The average molecular weight is 371 g/mol. The number of rotatable bonds is 3. The Morgan fingerprint density at radius 2 is 1.81 bits per heavy atom. The molecule has 0 aliphatic carbocycles. The van der Waals surface area contributed by atoms with E-state index in [-0.39, 0.29) is 5.91 Å². The minimum Gasteiger partial charge on any atom is -0.368 e. The van der Waals surface area contributed by atoms with Crippen LogP contribution in [0.2, 0.25) is 0 Å². The quantitative estimate of drug-likeness (QED) is 0.831. The molecule has 3 heterocycles. The SMILES string of the molecule is C[C@@H]1CCCN(C(=O)c2csc(N3CCN(c4ccccc4)CC3)n2)C1. The molecule has 2 aliphatic rings. The molecule has 1 atom stereocenters. The number of hydrogen-bond acceptors (Lipinski definition) is 5. The van der Waals surface area contributed by atoms with E-state index in [1.54, 1.807) is 11.3 Å². The highest BCUT2D eigenvalue weighted by molar-refractivity contribution is 7.13. The molecule has 0 radical (unpaired) electrons. The number of carbonyl (C=O) groups is 1. The van der Waals surface area contributed by atoms with Crippen LogP contribution in [0.1, 0.15) is 30.3 Å². The third kappa shape index (κ3) is 3.70. The number of aromatic nitrogens is 1. The van der Waals surface area contributed by atoms with Crippen LogP contribution in [0.4, 0.5) is 10.8 Å². The first-order valence-electron chi connectivity index (χ1n) is 9.50. The van der Waals surface area contributed by atoms with Crippen molar-refractivity contribution in [1.82, 2.24) is 9.88 Å². The number of thiazole rings is 1. The number of likely N-dealkylation sites (tertiary alicyclic amines) is 1. The lowest BCUT2D eigenvalue weighted by Gasteiger charge is -2.36. The topological polar surface area (TPSA) is 39.7 Å². The first kappa shape index (κ1) is 17.3. The fourth-order valence-electron chi connectivity index (χ4n) is 3.84. The second-order valence-corrected chi connectivity index (χ2v) is 8.16. The van der Waals surface area contributed by atoms with Gasteiger partial charge >= 0.3 is 0 Å². The second kappa shape index (κ2) is 7.66. The van der Waals surface area contributed by atoms with Crippen molar-refractivity contribution in [1.29, 1.82) is 0 Å². The van der Waals surface area contributed by atoms with E-state index in [9.17, 15) is 4.79 Å². The van der Waals surface area contributed by atoms with Crippen molar-refractivity contribution in [2.24, 2.45) is 5.92 Å². The van der Waals surface area contributed by atoms with Gasteiger partial charge in [-0.15, -0.1) is 11.3 Å². The van der Waals surface area contributed by atoms with E-state index in [0.717, 1.165) is 50.8 Å². The van der Waals surface area contributed by atoms with Crippen LogP contribution in [0.5, 0.6) is 0 Å². The van der Waals surface area contributed by atoms with Gasteiger partial charge in [-0.1, -0.05) is 25.1 Å². The highest BCUT2D eigenvalue weighted by Crippen LogP contribution is 2.25. The maximum atomic E-state index is 12.7. The molecule has 1 amide bonds. The molecule has 0 bridgehead atoms. The minimum absolute atomic E-state index is 0.0990. The Hall–Kier alpha value is -2.08. The van der Waals surface area contributed by atoms with Gasteiger partial charge in [0.25, 0.3) is 5.91 Å². The molecule has 1 aromatic carbocycles. The Labute approximate surface area is 159 Å². The van der Waals surface area contributed by atoms with E-state index < -0.39 is 0 Å². The van der Waals surface area contributed by atoms with Crippen molar-refractivity contribution in [3.63, 3.8) is 0 Å². The molecular formula is C20H26N4OS. The van der Waals surface area contributed by atoms with Gasteiger partial charge in [0.1, 0.15) is 5.69 Å². The second-order valence-electron chi connectivity index (χ2n) is 7.32. The summed E-state index contributed by atoms with van der Waals surface area (Å²) in [6, 6.07) is 10.5. The number of benzene rings is 1. The van der Waals surface area contributed by atoms with Crippen molar-refractivity contribution in [2.75, 3.05) is 49.1 Å². The molecule has 5 nitrogen and oxygen atoms in total. The number of piperazine rings is 1. The Kier molecular flexibility index (Phi) is 5.11. The average Bonchev–Trinajstić information content (AvgIpc) is 3.18. The van der Waals surface area contributed by atoms with E-state index in [1.165, 1.54) is 12.1 Å². The van der Waals surface area contributed by atoms with E-state index in [0.29, 0.717) is 11.6 Å². The molecule has 138 valence electrons. The zero-order valence-corrected chi connectivity index (χ0v) is 16.1. The molecule has 1 aromatic heterocycles. The van der Waals surface area contributed by atoms with Crippen LogP contribution in [0, 0.1) is 5.92 Å². The lowest BCUT2D eigenvalue weighted by Crippen LogP contribution is -2.46. The van der Waals surface area contributed by atoms with Gasteiger partial charge in [0, 0.05) is 50.3 Å². The summed E-state index contributed by atoms with van der Waals surface area (Å²) in [7, 11) is 0. The van der Waals surface area contributed by atoms with Crippen LogP contribution in [0.15, 0.2) is 35.7 Å². The van der Waals surface area contributed by atoms with Crippen molar-refractivity contribution in [3.05, 3.63) is 41.4 Å². The summed E-state index contributed by atoms with van der Waals surface area (Å²) in [6.07, 6.45) is 2.32. The first-order valence-corrected chi connectivity index (χ1v) is 10.4. The summed E-state index contributed by atoms with van der Waals surface area (Å²) in [6.45, 7) is 7.80. The molecule has 2 saturated heterocycles. The Bertz CT molecular complexity index is 739. The summed E-state index contributed by atoms with van der Waals surface area (Å²) >= 11 is 1.60. The van der Waals surface area contributed by atoms with Crippen LogP contribution >= 0.6 is 11.3 Å². The molecule has 0 unspecified atom stereocenters. The van der Waals surface area contributed by atoms with Gasteiger partial charge in [-0.05, 0) is 30.9 Å². The first-order chi connectivity index (χ1) is 12.7. The fraction of sp³-hybridized carbons (Fsp3) is 0.500. The number of carbonyl (C=O) groups excluding carboxylic acids is 1. The third-order valence-corrected chi connectivity index (χ3v) is 6.23. The lowest BCUT2D eigenvalue weighted by atomic mass is 10.0. The van der Waals surface area contributed by atoms with E-state index in [2.05, 4.69) is 52.0 Å². The van der Waals surface area contributed by atoms with E-state index in [1.807, 2.05) is 10.3 Å². The van der Waals surface area contributed by atoms with Crippen LogP contribution in [-0.2, 0) is 0 Å². The molecule has 4 rings (SSSR count). The highest BCUT2D eigenvalue weighted by atomic mass is 32.1. The summed E-state index contributed by atoms with van der Waals surface area (Å²) < 4.78 is 0. The number of hydrogen-bond donors (Lipinski definition) is 0. The smallest absolute Gasteiger partial charge is 0.273 e. The Morgan fingerprint density at radius 1 is 1.08 bits per heavy atom. The molecule has 0 spiro atoms. The Balaban J connectivity index is 1.37. The maximum absolute atomic E-state index is 12.7. The van der Waals surface area contributed by atoms with Crippen molar-refractivity contribution in [3.8, 4) is 0 Å². The van der Waals surface area contributed by atoms with Crippen molar-refractivity contribution >= 4 is 28.1 Å². The van der Waals surface area contributed by atoms with Crippen molar-refractivity contribution < 1.29 is 4.79 Å². The zero-order chi connectivity index (χ0) is 17.9. The highest BCUT2D eigenvalue weighted by Gasteiger charge is 2.25. The third-order valence-electron chi connectivity index (χ3n) is 5.33. The number of nitrogens with zero attached hydrogens (tertiary/aromatic N) is 4. The summed E-state index contributed by atoms with van der Waals surface area (Å²) in [5.41, 5.74) is 1.89. The van der Waals surface area contributed by atoms with Crippen molar-refractivity contribution in [2.45, 2.75) is 19.8 Å². The van der Waals surface area contributed by atoms with E-state index in [4.69, 9.17) is 0 Å². The molecule has 2 fully saturated rings. The van der Waals surface area contributed by atoms with Crippen LogP contribution in [0.3, 0.4) is 0 Å². The zero-order valence-electron chi connectivity index (χ0n) is 15.3. The molecule has 26 heavy (non-hydrogen) atoms. The number of anilines is 2. The van der Waals surface area contributed by atoms with Gasteiger partial charge in [-0.3, -0.25) is 4.79 Å². The van der Waals surface area contributed by atoms with Crippen LogP contribution < -0.4 is 9.80 Å². The molecule has 2 aromatic rings. The molecular weight excluding hydrogens is 344 g/mol. The molecule has 6 heteroatoms. The van der Waals surface area contributed by atoms with Gasteiger partial charge in [0.05, 0.1) is 0 Å². The van der Waals surface area contributed by atoms with Gasteiger partial charge in [-0.25, -0.2) is 4.98 Å². The number of amides is 1. The van der Waals surface area contributed by atoms with Gasteiger partial charge in [-0.2, -0.15) is 0 Å². The van der Waals surface area contributed by atoms with Crippen LogP contribution in [-0.4, -0.2) is 55.1 Å². The summed E-state index contributed by atoms with van der Waals surface area (Å²) in [4.78, 5) is 24.1. The standard InChI is InChI=1S/C20H26N4OS/c1-16-6-5-9-24(14-16)19(25)18-15-26-20(21-18)23-12-10-22(11-13-23)17-7-3-2-4-8-17/h2-4,7-8,15-16H,5-6,9-14H2,1H3/t16-/m1/s1. The lowest BCUT2D eigenvalue weighted by molar-refractivity contribution is 0.0678. The van der Waals surface area contributed by atoms with Gasteiger partial charge in [0.15, 0.2) is 5.13 Å². The summed E-state index contributed by atoms with van der Waals surface area (Å²) in [5, 5.41) is 2.91. The maximum Gasteiger partial charge on any atom is 0.273 e. The summed E-state index contributed by atoms with van der Waals surface area (Å²) in [5.74, 6) is 0.693. The molecule has 2 aliphatic heterocycles. The van der Waals surface area contributed by atoms with E-state index >= 15 is 0 Å². The number of piperidine rings is 1. The monoisotopic (exact) mass is 370 g/mol. The number of para-hydroxylation sites is 1. The van der Waals surface area contributed by atoms with Gasteiger partial charge < -0.3 is 14.7 Å². The molecule has 0 saturated carbocycles. The minimum atomic E-state index is 0.0990. The molecule has 0 N–H and O–H groups in total. The predicted molar refractivity (Wildman–Crippen MR) is 107 cm³/mol. The normalized spacial score (nSPS) is 21.1. The largest absolute Gasteiger partial charge is 0.368 e. The predicted octanol–water partition coefficient (Wildman–Crippen LogP) is 3.34. The van der Waals surface area contributed by atoms with Crippen LogP contribution in [0.25, 0.3) is 0 Å². The fourth-order valence-corrected chi connectivity index (χ4v) is 4.69. The van der Waals surface area contributed by atoms with Gasteiger partial charge in [0.2, 0.25) is 0 Å². The Morgan fingerprint density at radius 3 is 2.54 bits per heavy atom.